The normalized spacial score (nSPS) is 12.0. The first kappa shape index (κ1) is 10.5. The van der Waals surface area contributed by atoms with Gasteiger partial charge in [-0.15, -0.1) is 0 Å². The molecule has 0 fully saturated rings. The number of nitrogens with one attached hydrogen (secondary N) is 1. The SMILES string of the molecule is Nc1nc2c(c(OCc3ccccc3)n1)NC=[N+]2. The van der Waals surface area contributed by atoms with Crippen molar-refractivity contribution >= 4 is 23.8 Å². The van der Waals surface area contributed by atoms with E-state index in [1.165, 1.54) is 6.34 Å². The first-order chi connectivity index (χ1) is 8.83. The van der Waals surface area contributed by atoms with Crippen LogP contribution in [0.5, 0.6) is 5.88 Å². The molecule has 0 aliphatic carbocycles. The second-order valence-corrected chi connectivity index (χ2v) is 3.76. The lowest BCUT2D eigenvalue weighted by Gasteiger charge is -2.06. The fraction of sp³-hybridized carbons (Fsp3) is 0.0833. The fourth-order valence-corrected chi connectivity index (χ4v) is 1.65. The molecule has 1 aliphatic heterocycles. The molecule has 1 radical (unpaired) electrons. The molecule has 0 saturated heterocycles. The molecule has 6 heteroatoms. The van der Waals surface area contributed by atoms with Gasteiger partial charge in [-0.25, -0.2) is 0 Å². The summed E-state index contributed by atoms with van der Waals surface area (Å²) in [5.74, 6) is 1.07. The maximum Gasteiger partial charge on any atom is 0.345 e. The van der Waals surface area contributed by atoms with Gasteiger partial charge in [0.05, 0.1) is 0 Å². The number of aromatic nitrogens is 2. The molecule has 0 unspecified atom stereocenters. The Bertz CT molecular complexity index is 597. The number of rotatable bonds is 3. The van der Waals surface area contributed by atoms with Crippen LogP contribution in [-0.4, -0.2) is 16.3 Å². The van der Waals surface area contributed by atoms with E-state index in [0.717, 1.165) is 5.56 Å². The second kappa shape index (κ2) is 4.33. The van der Waals surface area contributed by atoms with Gasteiger partial charge in [-0.1, -0.05) is 40.3 Å². The third kappa shape index (κ3) is 1.95. The molecule has 6 nitrogen and oxygen atoms in total. The predicted octanol–water partition coefficient (Wildman–Crippen LogP) is 1.06. The van der Waals surface area contributed by atoms with Crippen LogP contribution in [0.15, 0.2) is 30.3 Å². The molecule has 2 heterocycles. The molecular formula is C12H11N5O+. The largest absolute Gasteiger partial charge is 0.470 e. The molecule has 0 atom stereocenters. The highest BCUT2D eigenvalue weighted by molar-refractivity contribution is 5.90. The summed E-state index contributed by atoms with van der Waals surface area (Å²) in [6.07, 6.45) is 1.54. The average molecular weight is 241 g/mol. The van der Waals surface area contributed by atoms with Crippen molar-refractivity contribution in [2.75, 3.05) is 11.1 Å². The van der Waals surface area contributed by atoms with Gasteiger partial charge in [-0.05, 0) is 5.56 Å². The number of aliphatic imine (C=N–C) groups is 1. The van der Waals surface area contributed by atoms with Crippen LogP contribution in [0.4, 0.5) is 17.5 Å². The van der Waals surface area contributed by atoms with Crippen LogP contribution in [0.3, 0.4) is 0 Å². The second-order valence-electron chi connectivity index (χ2n) is 3.76. The van der Waals surface area contributed by atoms with Crippen molar-refractivity contribution in [2.24, 2.45) is 0 Å². The lowest BCUT2D eigenvalue weighted by molar-refractivity contribution is 0.296. The molecule has 3 N–H and O–H groups in total. The van der Waals surface area contributed by atoms with E-state index in [4.69, 9.17) is 10.5 Å². The van der Waals surface area contributed by atoms with Crippen molar-refractivity contribution in [2.45, 2.75) is 6.61 Å². The summed E-state index contributed by atoms with van der Waals surface area (Å²) in [5.41, 5.74) is 7.31. The smallest absolute Gasteiger partial charge is 0.345 e. The molecule has 89 valence electrons. The van der Waals surface area contributed by atoms with Gasteiger partial charge in [-0.2, -0.15) is 4.98 Å². The van der Waals surface area contributed by atoms with E-state index in [2.05, 4.69) is 20.3 Å². The average Bonchev–Trinajstić information content (AvgIpc) is 2.85. The maximum absolute atomic E-state index is 5.64. The van der Waals surface area contributed by atoms with E-state index >= 15 is 0 Å². The Morgan fingerprint density at radius 3 is 2.89 bits per heavy atom. The topological polar surface area (TPSA) is 87.2 Å². The Labute approximate surface area is 104 Å². The number of nitrogen functional groups attached to an aromatic ring is 1. The van der Waals surface area contributed by atoms with Crippen molar-refractivity contribution in [3.8, 4) is 5.88 Å². The molecule has 1 aromatic heterocycles. The van der Waals surface area contributed by atoms with Crippen LogP contribution in [0.1, 0.15) is 5.56 Å². The minimum absolute atomic E-state index is 0.151. The Kier molecular flexibility index (Phi) is 2.53. The van der Waals surface area contributed by atoms with Gasteiger partial charge in [0.1, 0.15) is 6.61 Å². The number of ether oxygens (including phenoxy) is 1. The minimum Gasteiger partial charge on any atom is -0.470 e. The molecule has 3 rings (SSSR count). The zero-order valence-electron chi connectivity index (χ0n) is 9.50. The Morgan fingerprint density at radius 2 is 2.06 bits per heavy atom. The molecule has 0 amide bonds. The summed E-state index contributed by atoms with van der Waals surface area (Å²) in [4.78, 5) is 12.1. The minimum atomic E-state index is 0.151. The van der Waals surface area contributed by atoms with Gasteiger partial charge in [0.15, 0.2) is 0 Å². The highest BCUT2D eigenvalue weighted by atomic mass is 16.5. The summed E-state index contributed by atoms with van der Waals surface area (Å²) in [6.45, 7) is 0.422. The monoisotopic (exact) mass is 241 g/mol. The highest BCUT2D eigenvalue weighted by Gasteiger charge is 2.25. The van der Waals surface area contributed by atoms with E-state index in [1.54, 1.807) is 0 Å². The fourth-order valence-electron chi connectivity index (χ4n) is 1.65. The highest BCUT2D eigenvalue weighted by Crippen LogP contribution is 2.31. The van der Waals surface area contributed by atoms with Crippen molar-refractivity contribution in [3.63, 3.8) is 0 Å². The third-order valence-corrected chi connectivity index (χ3v) is 2.49. The zero-order valence-corrected chi connectivity index (χ0v) is 9.50. The standard InChI is InChI=1S/C12H11N5O/c13-12-16-10-9(14-7-15-10)11(17-12)18-6-8-4-2-1-3-5-8/h1-5,7,14H,6H2,(H2,13,16,17)/q+1. The first-order valence-electron chi connectivity index (χ1n) is 5.46. The lowest BCUT2D eigenvalue weighted by Crippen LogP contribution is -2.04. The first-order valence-corrected chi connectivity index (χ1v) is 5.46. The molecule has 0 saturated carbocycles. The molecule has 18 heavy (non-hydrogen) atoms. The maximum atomic E-state index is 5.64. The summed E-state index contributed by atoms with van der Waals surface area (Å²) >= 11 is 0. The van der Waals surface area contributed by atoms with Gasteiger partial charge < -0.3 is 10.5 Å². The number of anilines is 2. The van der Waals surface area contributed by atoms with Crippen LogP contribution in [-0.2, 0) is 6.61 Å². The van der Waals surface area contributed by atoms with Gasteiger partial charge in [0.2, 0.25) is 12.0 Å². The number of hydrogen-bond donors (Lipinski definition) is 2. The van der Waals surface area contributed by atoms with Gasteiger partial charge in [-0.3, -0.25) is 5.32 Å². The van der Waals surface area contributed by atoms with E-state index in [0.29, 0.717) is 24.0 Å². The van der Waals surface area contributed by atoms with Gasteiger partial charge >= 0.3 is 11.8 Å². The number of nitrogens with zero attached hydrogens (tertiary/aromatic N) is 3. The Hall–Kier alpha value is -2.63. The van der Waals surface area contributed by atoms with E-state index in [-0.39, 0.29) is 5.95 Å². The summed E-state index contributed by atoms with van der Waals surface area (Å²) in [6, 6.07) is 9.83. The number of hydrogen-bond acceptors (Lipinski definition) is 6. The van der Waals surface area contributed by atoms with Crippen LogP contribution < -0.4 is 20.8 Å². The van der Waals surface area contributed by atoms with Gasteiger partial charge in [0, 0.05) is 0 Å². The molecule has 0 bridgehead atoms. The van der Waals surface area contributed by atoms with Crippen LogP contribution in [0.25, 0.3) is 0 Å². The third-order valence-electron chi connectivity index (χ3n) is 2.49. The Balaban J connectivity index is 1.82. The van der Waals surface area contributed by atoms with Crippen LogP contribution in [0, 0.1) is 0 Å². The van der Waals surface area contributed by atoms with Crippen molar-refractivity contribution in [3.05, 3.63) is 35.9 Å². The van der Waals surface area contributed by atoms with E-state index in [1.807, 2.05) is 30.3 Å². The molecule has 1 aliphatic rings. The molecular weight excluding hydrogens is 230 g/mol. The Morgan fingerprint density at radius 1 is 1.22 bits per heavy atom. The molecule has 1 aromatic carbocycles. The zero-order chi connectivity index (χ0) is 12.4. The summed E-state index contributed by atoms with van der Waals surface area (Å²) in [5, 5.41) is 2.93. The predicted molar refractivity (Wildman–Crippen MR) is 68.7 cm³/mol. The van der Waals surface area contributed by atoms with Crippen LogP contribution >= 0.6 is 0 Å². The summed E-state index contributed by atoms with van der Waals surface area (Å²) < 4.78 is 5.64. The quantitative estimate of drug-likeness (QED) is 0.839. The lowest BCUT2D eigenvalue weighted by atomic mass is 10.2. The van der Waals surface area contributed by atoms with Gasteiger partial charge in [0.25, 0.3) is 5.88 Å². The van der Waals surface area contributed by atoms with E-state index < -0.39 is 0 Å². The van der Waals surface area contributed by atoms with E-state index in [9.17, 15) is 0 Å². The van der Waals surface area contributed by atoms with Crippen LogP contribution in [0.2, 0.25) is 0 Å². The molecule has 0 spiro atoms. The number of fused-ring (bicyclic) bond motifs is 1. The summed E-state index contributed by atoms with van der Waals surface area (Å²) in [7, 11) is 0. The number of benzene rings is 1. The van der Waals surface area contributed by atoms with Crippen molar-refractivity contribution in [1.29, 1.82) is 0 Å². The van der Waals surface area contributed by atoms with Crippen molar-refractivity contribution < 1.29 is 4.74 Å². The molecule has 2 aromatic rings. The number of nitrogens with two attached hydrogens (primary N) is 1. The van der Waals surface area contributed by atoms with Crippen molar-refractivity contribution in [1.82, 2.24) is 15.0 Å².